The van der Waals surface area contributed by atoms with Crippen molar-refractivity contribution in [2.75, 3.05) is 0 Å². The molecule has 0 radical (unpaired) electrons. The van der Waals surface area contributed by atoms with E-state index in [1.807, 2.05) is 38.7 Å². The Morgan fingerprint density at radius 3 is 2.39 bits per heavy atom. The number of nitrogens with zero attached hydrogens (tertiary/aromatic N) is 4. The van der Waals surface area contributed by atoms with Gasteiger partial charge in [0.2, 0.25) is 0 Å². The molecule has 0 bridgehead atoms. The number of aryl methyl sites for hydroxylation is 4. The minimum Gasteiger partial charge on any atom is -0.322 e. The van der Waals surface area contributed by atoms with Crippen molar-refractivity contribution in [3.8, 4) is 0 Å². The van der Waals surface area contributed by atoms with Gasteiger partial charge in [0.25, 0.3) is 0 Å². The van der Waals surface area contributed by atoms with Crippen molar-refractivity contribution in [1.29, 1.82) is 0 Å². The molecular formula is C12H18ClN5. The molecule has 0 amide bonds. The van der Waals surface area contributed by atoms with E-state index in [1.54, 1.807) is 4.68 Å². The summed E-state index contributed by atoms with van der Waals surface area (Å²) in [7, 11) is 3.79. The summed E-state index contributed by atoms with van der Waals surface area (Å²) in [6.07, 6.45) is 0.648. The lowest BCUT2D eigenvalue weighted by atomic mass is 10.1. The zero-order valence-corrected chi connectivity index (χ0v) is 11.9. The third kappa shape index (κ3) is 2.28. The van der Waals surface area contributed by atoms with E-state index in [4.69, 9.17) is 17.3 Å². The first-order chi connectivity index (χ1) is 8.40. The van der Waals surface area contributed by atoms with E-state index in [-0.39, 0.29) is 6.04 Å². The van der Waals surface area contributed by atoms with E-state index < -0.39 is 0 Å². The SMILES string of the molecule is Cc1cc(C(N)Cc2c(Cl)c(C)nn2C)n(C)n1. The van der Waals surface area contributed by atoms with E-state index >= 15 is 0 Å². The molecule has 0 aliphatic heterocycles. The summed E-state index contributed by atoms with van der Waals surface area (Å²) in [5, 5.41) is 9.30. The monoisotopic (exact) mass is 267 g/mol. The zero-order valence-electron chi connectivity index (χ0n) is 11.1. The fraction of sp³-hybridized carbons (Fsp3) is 0.500. The van der Waals surface area contributed by atoms with Crippen LogP contribution in [0.25, 0.3) is 0 Å². The third-order valence-corrected chi connectivity index (χ3v) is 3.58. The standard InChI is InChI=1S/C12H18ClN5/c1-7-5-10(17(3)15-7)9(14)6-11-12(13)8(2)16-18(11)4/h5,9H,6,14H2,1-4H3. The van der Waals surface area contributed by atoms with Crippen molar-refractivity contribution in [2.24, 2.45) is 19.8 Å². The summed E-state index contributed by atoms with van der Waals surface area (Å²) in [4.78, 5) is 0. The molecule has 0 spiro atoms. The maximum atomic E-state index is 6.23. The largest absolute Gasteiger partial charge is 0.322 e. The van der Waals surface area contributed by atoms with Gasteiger partial charge in [-0.25, -0.2) is 0 Å². The second-order valence-electron chi connectivity index (χ2n) is 4.61. The third-order valence-electron chi connectivity index (χ3n) is 3.09. The Morgan fingerprint density at radius 2 is 1.94 bits per heavy atom. The van der Waals surface area contributed by atoms with Gasteiger partial charge in [0.1, 0.15) is 0 Å². The summed E-state index contributed by atoms with van der Waals surface area (Å²) in [6, 6.07) is 1.87. The molecule has 0 aliphatic carbocycles. The van der Waals surface area contributed by atoms with Crippen LogP contribution in [0.4, 0.5) is 0 Å². The Hall–Kier alpha value is -1.33. The van der Waals surface area contributed by atoms with Gasteiger partial charge in [-0.1, -0.05) is 11.6 Å². The van der Waals surface area contributed by atoms with E-state index in [0.717, 1.165) is 22.8 Å². The topological polar surface area (TPSA) is 61.7 Å². The first-order valence-corrected chi connectivity index (χ1v) is 6.22. The molecule has 18 heavy (non-hydrogen) atoms. The molecule has 2 aromatic rings. The van der Waals surface area contributed by atoms with Crippen LogP contribution in [0.1, 0.15) is 28.8 Å². The van der Waals surface area contributed by atoms with Crippen molar-refractivity contribution in [1.82, 2.24) is 19.6 Å². The van der Waals surface area contributed by atoms with Crippen LogP contribution in [0.5, 0.6) is 0 Å². The molecule has 6 heteroatoms. The summed E-state index contributed by atoms with van der Waals surface area (Å²) in [5.74, 6) is 0. The lowest BCUT2D eigenvalue weighted by Crippen LogP contribution is -2.18. The summed E-state index contributed by atoms with van der Waals surface area (Å²) in [5.41, 5.74) is 9.99. The highest BCUT2D eigenvalue weighted by Gasteiger charge is 2.18. The first kappa shape index (κ1) is 13.1. The van der Waals surface area contributed by atoms with E-state index in [1.165, 1.54) is 0 Å². The van der Waals surface area contributed by atoms with Crippen molar-refractivity contribution in [2.45, 2.75) is 26.3 Å². The number of hydrogen-bond acceptors (Lipinski definition) is 3. The van der Waals surface area contributed by atoms with Crippen LogP contribution in [-0.2, 0) is 20.5 Å². The van der Waals surface area contributed by atoms with Crippen LogP contribution in [-0.4, -0.2) is 19.6 Å². The number of rotatable bonds is 3. The van der Waals surface area contributed by atoms with Crippen LogP contribution >= 0.6 is 11.6 Å². The average Bonchev–Trinajstić information content (AvgIpc) is 2.73. The molecular weight excluding hydrogens is 250 g/mol. The molecule has 0 aliphatic rings. The first-order valence-electron chi connectivity index (χ1n) is 5.84. The Bertz CT molecular complexity index is 569. The highest BCUT2D eigenvalue weighted by atomic mass is 35.5. The van der Waals surface area contributed by atoms with Gasteiger partial charge >= 0.3 is 0 Å². The maximum Gasteiger partial charge on any atom is 0.0847 e. The van der Waals surface area contributed by atoms with Crippen molar-refractivity contribution in [3.05, 3.63) is 33.9 Å². The number of nitrogens with two attached hydrogens (primary N) is 1. The molecule has 98 valence electrons. The number of hydrogen-bond donors (Lipinski definition) is 1. The normalized spacial score (nSPS) is 13.0. The van der Waals surface area contributed by atoms with Crippen molar-refractivity contribution < 1.29 is 0 Å². The zero-order chi connectivity index (χ0) is 13.4. The van der Waals surface area contributed by atoms with Crippen molar-refractivity contribution in [3.63, 3.8) is 0 Å². The van der Waals surface area contributed by atoms with Crippen LogP contribution in [0.2, 0.25) is 5.02 Å². The highest BCUT2D eigenvalue weighted by molar-refractivity contribution is 6.31. The second-order valence-corrected chi connectivity index (χ2v) is 4.99. The maximum absolute atomic E-state index is 6.23. The molecule has 5 nitrogen and oxygen atoms in total. The minimum absolute atomic E-state index is 0.136. The lowest BCUT2D eigenvalue weighted by Gasteiger charge is -2.12. The quantitative estimate of drug-likeness (QED) is 0.920. The van der Waals surface area contributed by atoms with Gasteiger partial charge in [0.05, 0.1) is 33.8 Å². The molecule has 0 aromatic carbocycles. The van der Waals surface area contributed by atoms with Gasteiger partial charge < -0.3 is 5.73 Å². The fourth-order valence-corrected chi connectivity index (χ4v) is 2.43. The van der Waals surface area contributed by atoms with Gasteiger partial charge in [-0.15, -0.1) is 0 Å². The average molecular weight is 268 g/mol. The predicted octanol–water partition coefficient (Wildman–Crippen LogP) is 1.67. The summed E-state index contributed by atoms with van der Waals surface area (Å²) >= 11 is 6.23. The molecule has 1 atom stereocenters. The van der Waals surface area contributed by atoms with E-state index in [2.05, 4.69) is 10.2 Å². The Labute approximate surface area is 112 Å². The minimum atomic E-state index is -0.136. The van der Waals surface area contributed by atoms with Gasteiger partial charge in [-0.05, 0) is 19.9 Å². The predicted molar refractivity (Wildman–Crippen MR) is 71.5 cm³/mol. The molecule has 2 heterocycles. The number of aromatic nitrogens is 4. The Kier molecular flexibility index (Phi) is 3.45. The van der Waals surface area contributed by atoms with E-state index in [9.17, 15) is 0 Å². The van der Waals surface area contributed by atoms with Crippen molar-refractivity contribution >= 4 is 11.6 Å². The van der Waals surface area contributed by atoms with Gasteiger partial charge in [-0.2, -0.15) is 10.2 Å². The molecule has 0 saturated carbocycles. The van der Waals surface area contributed by atoms with Crippen LogP contribution in [0.15, 0.2) is 6.07 Å². The summed E-state index contributed by atoms with van der Waals surface area (Å²) < 4.78 is 3.61. The number of halogens is 1. The second kappa shape index (κ2) is 4.74. The Balaban J connectivity index is 2.26. The molecule has 2 N–H and O–H groups in total. The molecule has 2 rings (SSSR count). The fourth-order valence-electron chi connectivity index (χ4n) is 2.19. The van der Waals surface area contributed by atoms with E-state index in [0.29, 0.717) is 11.4 Å². The lowest BCUT2D eigenvalue weighted by molar-refractivity contribution is 0.587. The molecule has 1 unspecified atom stereocenters. The highest BCUT2D eigenvalue weighted by Crippen LogP contribution is 2.24. The molecule has 0 fully saturated rings. The van der Waals surface area contributed by atoms with Crippen LogP contribution in [0.3, 0.4) is 0 Å². The van der Waals surface area contributed by atoms with Crippen LogP contribution < -0.4 is 5.73 Å². The summed E-state index contributed by atoms with van der Waals surface area (Å²) in [6.45, 7) is 3.85. The smallest absolute Gasteiger partial charge is 0.0847 e. The van der Waals surface area contributed by atoms with Gasteiger partial charge in [-0.3, -0.25) is 9.36 Å². The van der Waals surface area contributed by atoms with Gasteiger partial charge in [0, 0.05) is 20.5 Å². The Morgan fingerprint density at radius 1 is 1.28 bits per heavy atom. The molecule has 2 aromatic heterocycles. The molecule has 0 saturated heterocycles. The van der Waals surface area contributed by atoms with Gasteiger partial charge in [0.15, 0.2) is 0 Å². The van der Waals surface area contributed by atoms with Crippen LogP contribution in [0, 0.1) is 13.8 Å².